The van der Waals surface area contributed by atoms with Crippen molar-refractivity contribution in [2.75, 3.05) is 20.2 Å². The number of ether oxygens (including phenoxy) is 1. The third kappa shape index (κ3) is 2.96. The van der Waals surface area contributed by atoms with E-state index in [1.54, 1.807) is 13.2 Å². The number of nitrogens with zero attached hydrogens (tertiary/aromatic N) is 1. The van der Waals surface area contributed by atoms with Crippen LogP contribution in [0.3, 0.4) is 0 Å². The number of hydrogen-bond acceptors (Lipinski definition) is 3. The summed E-state index contributed by atoms with van der Waals surface area (Å²) in [5, 5.41) is 9.63. The third-order valence-electron chi connectivity index (χ3n) is 3.87. The Balaban J connectivity index is 2.13. The molecule has 18 heavy (non-hydrogen) atoms. The van der Waals surface area contributed by atoms with Crippen LogP contribution >= 0.6 is 0 Å². The first-order chi connectivity index (χ1) is 8.72. The second kappa shape index (κ2) is 6.10. The highest BCUT2D eigenvalue weighted by molar-refractivity contribution is 5.42. The molecule has 1 aliphatic rings. The van der Waals surface area contributed by atoms with Crippen LogP contribution in [0.15, 0.2) is 18.2 Å². The van der Waals surface area contributed by atoms with E-state index in [4.69, 9.17) is 4.74 Å². The van der Waals surface area contributed by atoms with E-state index in [0.29, 0.717) is 11.8 Å². The van der Waals surface area contributed by atoms with Crippen LogP contribution in [0.25, 0.3) is 0 Å². The highest BCUT2D eigenvalue weighted by Crippen LogP contribution is 2.31. The zero-order chi connectivity index (χ0) is 13.0. The van der Waals surface area contributed by atoms with Gasteiger partial charge in [-0.25, -0.2) is 0 Å². The van der Waals surface area contributed by atoms with Crippen LogP contribution in [-0.2, 0) is 0 Å². The van der Waals surface area contributed by atoms with Crippen LogP contribution in [0.2, 0.25) is 0 Å². The second-order valence-electron chi connectivity index (χ2n) is 5.06. The molecule has 1 unspecified atom stereocenters. The number of methoxy groups -OCH3 is 1. The predicted molar refractivity (Wildman–Crippen MR) is 73.1 cm³/mol. The summed E-state index contributed by atoms with van der Waals surface area (Å²) in [4.78, 5) is 2.53. The lowest BCUT2D eigenvalue weighted by molar-refractivity contribution is 0.218. The number of phenols is 1. The number of hydrogen-bond donors (Lipinski definition) is 1. The van der Waals surface area contributed by atoms with Crippen molar-refractivity contribution in [2.45, 2.75) is 38.6 Å². The molecule has 1 saturated heterocycles. The van der Waals surface area contributed by atoms with Crippen LogP contribution in [0, 0.1) is 0 Å². The van der Waals surface area contributed by atoms with Crippen molar-refractivity contribution in [1.29, 1.82) is 0 Å². The molecule has 0 spiro atoms. The molecule has 1 N–H and O–H groups in total. The van der Waals surface area contributed by atoms with E-state index in [2.05, 4.69) is 11.8 Å². The molecule has 1 fully saturated rings. The van der Waals surface area contributed by atoms with E-state index in [9.17, 15) is 5.11 Å². The fourth-order valence-corrected chi connectivity index (χ4v) is 2.65. The predicted octanol–water partition coefficient (Wildman–Crippen LogP) is 3.34. The largest absolute Gasteiger partial charge is 0.504 e. The monoisotopic (exact) mass is 249 g/mol. The molecule has 1 atom stereocenters. The molecule has 0 saturated carbocycles. The Kier molecular flexibility index (Phi) is 4.48. The summed E-state index contributed by atoms with van der Waals surface area (Å²) in [6.07, 6.45) is 5.28. The van der Waals surface area contributed by atoms with Gasteiger partial charge in [0.05, 0.1) is 7.11 Å². The zero-order valence-electron chi connectivity index (χ0n) is 11.4. The molecule has 3 heteroatoms. The molecular weight excluding hydrogens is 226 g/mol. The molecule has 100 valence electrons. The fourth-order valence-electron chi connectivity index (χ4n) is 2.65. The van der Waals surface area contributed by atoms with Gasteiger partial charge < -0.3 is 9.84 Å². The summed E-state index contributed by atoms with van der Waals surface area (Å²) >= 11 is 0. The van der Waals surface area contributed by atoms with E-state index >= 15 is 0 Å². The Labute approximate surface area is 109 Å². The molecule has 1 aromatic rings. The van der Waals surface area contributed by atoms with Gasteiger partial charge in [-0.2, -0.15) is 0 Å². The van der Waals surface area contributed by atoms with Gasteiger partial charge in [0.15, 0.2) is 11.5 Å². The second-order valence-corrected chi connectivity index (χ2v) is 5.06. The van der Waals surface area contributed by atoms with Gasteiger partial charge in [-0.05, 0) is 50.6 Å². The highest BCUT2D eigenvalue weighted by Gasteiger charge is 2.18. The first-order valence-corrected chi connectivity index (χ1v) is 6.83. The summed E-state index contributed by atoms with van der Waals surface area (Å²) < 4.78 is 5.18. The summed E-state index contributed by atoms with van der Waals surface area (Å²) in [5.41, 5.74) is 1.21. The summed E-state index contributed by atoms with van der Waals surface area (Å²) in [6, 6.07) is 6.05. The molecule has 1 aromatic carbocycles. The van der Waals surface area contributed by atoms with E-state index < -0.39 is 0 Å². The average molecular weight is 249 g/mol. The van der Waals surface area contributed by atoms with Crippen molar-refractivity contribution in [3.63, 3.8) is 0 Å². The Hall–Kier alpha value is -1.22. The van der Waals surface area contributed by atoms with Crippen molar-refractivity contribution >= 4 is 0 Å². The number of aromatic hydroxyl groups is 1. The minimum absolute atomic E-state index is 0.212. The fraction of sp³-hybridized carbons (Fsp3) is 0.600. The van der Waals surface area contributed by atoms with E-state index in [0.717, 1.165) is 0 Å². The van der Waals surface area contributed by atoms with Crippen LogP contribution in [0.5, 0.6) is 11.5 Å². The van der Waals surface area contributed by atoms with Crippen molar-refractivity contribution in [3.05, 3.63) is 23.8 Å². The van der Waals surface area contributed by atoms with Crippen LogP contribution in [-0.4, -0.2) is 30.2 Å². The van der Waals surface area contributed by atoms with Crippen LogP contribution in [0.4, 0.5) is 0 Å². The molecule has 1 aliphatic heterocycles. The van der Waals surface area contributed by atoms with E-state index in [1.165, 1.54) is 44.3 Å². The van der Waals surface area contributed by atoms with Gasteiger partial charge in [-0.15, -0.1) is 0 Å². The molecule has 1 heterocycles. The van der Waals surface area contributed by atoms with Gasteiger partial charge in [-0.1, -0.05) is 18.9 Å². The zero-order valence-corrected chi connectivity index (χ0v) is 11.4. The van der Waals surface area contributed by atoms with Gasteiger partial charge in [0.2, 0.25) is 0 Å². The highest BCUT2D eigenvalue weighted by atomic mass is 16.5. The maximum absolute atomic E-state index is 9.63. The standard InChI is InChI=1S/C15H23NO2/c1-12(16-9-5-3-4-6-10-16)13-7-8-14(17)15(11-13)18-2/h7-8,11-12,17H,3-6,9-10H2,1-2H3. The Morgan fingerprint density at radius 1 is 1.17 bits per heavy atom. The van der Waals surface area contributed by atoms with Gasteiger partial charge in [0.25, 0.3) is 0 Å². The maximum atomic E-state index is 9.63. The summed E-state index contributed by atoms with van der Waals surface area (Å²) in [5.74, 6) is 0.776. The minimum Gasteiger partial charge on any atom is -0.504 e. The first kappa shape index (κ1) is 13.2. The Bertz CT molecular complexity index is 384. The number of phenolic OH excluding ortho intramolecular Hbond substituents is 1. The lowest BCUT2D eigenvalue weighted by Crippen LogP contribution is -2.27. The van der Waals surface area contributed by atoms with Crippen LogP contribution < -0.4 is 4.74 Å². The summed E-state index contributed by atoms with van der Waals surface area (Å²) in [6.45, 7) is 4.58. The van der Waals surface area contributed by atoms with E-state index in [-0.39, 0.29) is 5.75 Å². The SMILES string of the molecule is COc1cc(C(C)N2CCCCCC2)ccc1O. The summed E-state index contributed by atoms with van der Waals surface area (Å²) in [7, 11) is 1.59. The van der Waals surface area contributed by atoms with Crippen molar-refractivity contribution in [1.82, 2.24) is 4.90 Å². The smallest absolute Gasteiger partial charge is 0.160 e. The normalized spacial score (nSPS) is 19.2. The minimum atomic E-state index is 0.212. The van der Waals surface area contributed by atoms with Crippen molar-refractivity contribution in [2.24, 2.45) is 0 Å². The Morgan fingerprint density at radius 2 is 1.83 bits per heavy atom. The molecular formula is C15H23NO2. The topological polar surface area (TPSA) is 32.7 Å². The first-order valence-electron chi connectivity index (χ1n) is 6.83. The molecule has 0 aliphatic carbocycles. The number of benzene rings is 1. The average Bonchev–Trinajstić information content (AvgIpc) is 2.67. The van der Waals surface area contributed by atoms with Gasteiger partial charge in [-0.3, -0.25) is 4.90 Å². The van der Waals surface area contributed by atoms with Gasteiger partial charge in [0.1, 0.15) is 0 Å². The Morgan fingerprint density at radius 3 is 2.44 bits per heavy atom. The maximum Gasteiger partial charge on any atom is 0.160 e. The van der Waals surface area contributed by atoms with E-state index in [1.807, 2.05) is 12.1 Å². The third-order valence-corrected chi connectivity index (χ3v) is 3.87. The molecule has 0 radical (unpaired) electrons. The quantitative estimate of drug-likeness (QED) is 0.891. The molecule has 2 rings (SSSR count). The lowest BCUT2D eigenvalue weighted by atomic mass is 10.1. The molecule has 0 amide bonds. The van der Waals surface area contributed by atoms with Crippen LogP contribution in [0.1, 0.15) is 44.2 Å². The van der Waals surface area contributed by atoms with Crippen molar-refractivity contribution < 1.29 is 9.84 Å². The van der Waals surface area contributed by atoms with Crippen molar-refractivity contribution in [3.8, 4) is 11.5 Å². The molecule has 3 nitrogen and oxygen atoms in total. The van der Waals surface area contributed by atoms with Gasteiger partial charge in [0, 0.05) is 6.04 Å². The molecule has 0 aromatic heterocycles. The van der Waals surface area contributed by atoms with Gasteiger partial charge >= 0.3 is 0 Å². The number of rotatable bonds is 3. The molecule has 0 bridgehead atoms. The lowest BCUT2D eigenvalue weighted by Gasteiger charge is -2.28. The number of likely N-dealkylation sites (tertiary alicyclic amines) is 1.